The lowest BCUT2D eigenvalue weighted by molar-refractivity contribution is 0.365. The van der Waals surface area contributed by atoms with Crippen LogP contribution in [0.5, 0.6) is 0 Å². The van der Waals surface area contributed by atoms with Gasteiger partial charge in [0, 0.05) is 4.78 Å². The molecule has 0 radical (unpaired) electrons. The third-order valence-electron chi connectivity index (χ3n) is 1.45. The van der Waals surface area contributed by atoms with Crippen molar-refractivity contribution in [3.63, 3.8) is 0 Å². The molecule has 0 saturated carbocycles. The fraction of sp³-hybridized carbons (Fsp3) is 0.333. The van der Waals surface area contributed by atoms with Gasteiger partial charge in [-0.25, -0.2) is 0 Å². The van der Waals surface area contributed by atoms with Crippen LogP contribution in [-0.2, 0) is 9.31 Å². The Kier molecular flexibility index (Phi) is 2.32. The summed E-state index contributed by atoms with van der Waals surface area (Å²) < 4.78 is 12.9. The summed E-state index contributed by atoms with van der Waals surface area (Å²) in [5, 5.41) is 0. The zero-order valence-electron chi connectivity index (χ0n) is 5.75. The smallest absolute Gasteiger partial charge is 0.404 e. The zero-order chi connectivity index (χ0) is 7.68. The lowest BCUT2D eigenvalue weighted by Gasteiger charge is -1.97. The van der Waals surface area contributed by atoms with Gasteiger partial charge < -0.3 is 9.31 Å². The first-order chi connectivity index (χ1) is 5.36. The van der Waals surface area contributed by atoms with E-state index in [1.807, 2.05) is 12.1 Å². The first kappa shape index (κ1) is 7.80. The predicted octanol–water partition coefficient (Wildman–Crippen LogP) is 1.25. The van der Waals surface area contributed by atoms with Gasteiger partial charge >= 0.3 is 7.12 Å². The Morgan fingerprint density at radius 1 is 1.36 bits per heavy atom. The minimum absolute atomic E-state index is 0.119. The van der Waals surface area contributed by atoms with Crippen molar-refractivity contribution in [2.45, 2.75) is 0 Å². The molecule has 0 unspecified atom stereocenters. The molecule has 1 aliphatic rings. The van der Waals surface area contributed by atoms with Crippen molar-refractivity contribution in [2.75, 3.05) is 13.2 Å². The maximum Gasteiger partial charge on any atom is 0.504 e. The summed E-state index contributed by atoms with van der Waals surface area (Å²) in [6, 6.07) is 4.02. The summed E-state index contributed by atoms with van der Waals surface area (Å²) in [5.41, 5.74) is 0. The zero-order valence-corrected chi connectivity index (χ0v) is 8.15. The Labute approximate surface area is 77.8 Å². The summed E-state index contributed by atoms with van der Waals surface area (Å²) in [6.07, 6.45) is 0. The van der Waals surface area contributed by atoms with Crippen molar-refractivity contribution in [1.82, 2.24) is 0 Å². The highest BCUT2D eigenvalue weighted by Crippen LogP contribution is 2.16. The lowest BCUT2D eigenvalue weighted by Crippen LogP contribution is -2.28. The summed E-state index contributed by atoms with van der Waals surface area (Å²) in [7, 11) is -0.119. The number of thiophene rings is 1. The van der Waals surface area contributed by atoms with E-state index in [2.05, 4.69) is 15.9 Å². The van der Waals surface area contributed by atoms with Crippen molar-refractivity contribution in [3.05, 3.63) is 15.9 Å². The van der Waals surface area contributed by atoms with Gasteiger partial charge in [-0.05, 0) is 22.0 Å². The minimum Gasteiger partial charge on any atom is -0.404 e. The highest BCUT2D eigenvalue weighted by Gasteiger charge is 2.27. The van der Waals surface area contributed by atoms with E-state index in [1.54, 1.807) is 11.3 Å². The maximum atomic E-state index is 5.32. The Morgan fingerprint density at radius 3 is 2.64 bits per heavy atom. The normalized spacial score (nSPS) is 17.7. The Hall–Kier alpha value is 0.165. The van der Waals surface area contributed by atoms with Gasteiger partial charge in [-0.15, -0.1) is 11.3 Å². The van der Waals surface area contributed by atoms with Crippen LogP contribution in [0.15, 0.2) is 15.9 Å². The van der Waals surface area contributed by atoms with Crippen LogP contribution >= 0.6 is 27.3 Å². The Balaban J connectivity index is 2.15. The van der Waals surface area contributed by atoms with Crippen LogP contribution in [0.2, 0.25) is 0 Å². The van der Waals surface area contributed by atoms with Crippen LogP contribution in [0.4, 0.5) is 0 Å². The molecule has 1 aromatic rings. The van der Waals surface area contributed by atoms with Gasteiger partial charge in [-0.3, -0.25) is 0 Å². The van der Waals surface area contributed by atoms with Gasteiger partial charge in [0.05, 0.1) is 17.0 Å². The van der Waals surface area contributed by atoms with Gasteiger partial charge in [0.1, 0.15) is 0 Å². The van der Waals surface area contributed by atoms with E-state index in [9.17, 15) is 0 Å². The number of hydrogen-bond donors (Lipinski definition) is 0. The molecular weight excluding hydrogens is 227 g/mol. The topological polar surface area (TPSA) is 18.5 Å². The highest BCUT2D eigenvalue weighted by atomic mass is 79.9. The van der Waals surface area contributed by atoms with Crippen molar-refractivity contribution in [1.29, 1.82) is 0 Å². The summed E-state index contributed by atoms with van der Waals surface area (Å²) in [6.45, 7) is 1.42. The molecule has 1 aromatic heterocycles. The summed E-state index contributed by atoms with van der Waals surface area (Å²) in [4.78, 5) is 0. The molecule has 0 N–H and O–H groups in total. The van der Waals surface area contributed by atoms with Gasteiger partial charge in [0.2, 0.25) is 0 Å². The van der Waals surface area contributed by atoms with Gasteiger partial charge in [-0.1, -0.05) is 6.07 Å². The van der Waals surface area contributed by atoms with Crippen LogP contribution in [0.25, 0.3) is 0 Å². The quantitative estimate of drug-likeness (QED) is 0.679. The third kappa shape index (κ3) is 1.67. The fourth-order valence-electron chi connectivity index (χ4n) is 0.978. The molecule has 0 aromatic carbocycles. The molecule has 2 rings (SSSR count). The molecule has 2 nitrogen and oxygen atoms in total. The summed E-state index contributed by atoms with van der Waals surface area (Å²) in [5.74, 6) is 0. The summed E-state index contributed by atoms with van der Waals surface area (Å²) >= 11 is 5.04. The molecule has 1 saturated heterocycles. The SMILES string of the molecule is Brc1ccc(B2OCCO2)s1. The van der Waals surface area contributed by atoms with E-state index in [-0.39, 0.29) is 7.12 Å². The van der Waals surface area contributed by atoms with E-state index in [0.29, 0.717) is 13.2 Å². The van der Waals surface area contributed by atoms with Crippen LogP contribution < -0.4 is 4.78 Å². The standard InChI is InChI=1S/C6H6BBrO2S/c8-6-2-1-5(11-6)7-9-3-4-10-7/h1-2H,3-4H2. The maximum absolute atomic E-state index is 5.32. The molecule has 5 heteroatoms. The first-order valence-corrected chi connectivity index (χ1v) is 4.95. The minimum atomic E-state index is -0.119. The average Bonchev–Trinajstić information content (AvgIpc) is 2.55. The Bertz CT molecular complexity index is 246. The predicted molar refractivity (Wildman–Crippen MR) is 49.3 cm³/mol. The van der Waals surface area contributed by atoms with Gasteiger partial charge in [0.25, 0.3) is 0 Å². The van der Waals surface area contributed by atoms with Crippen LogP contribution in [-0.4, -0.2) is 20.3 Å². The molecule has 2 heterocycles. The highest BCUT2D eigenvalue weighted by molar-refractivity contribution is 9.11. The molecule has 1 aliphatic heterocycles. The molecule has 0 amide bonds. The molecular formula is C6H6BBrO2S. The molecule has 11 heavy (non-hydrogen) atoms. The fourth-order valence-corrected chi connectivity index (χ4v) is 2.40. The lowest BCUT2D eigenvalue weighted by atomic mass is 9.89. The molecule has 0 atom stereocenters. The van der Waals surface area contributed by atoms with E-state index in [1.165, 1.54) is 0 Å². The molecule has 0 aliphatic carbocycles. The van der Waals surface area contributed by atoms with Crippen LogP contribution in [0.1, 0.15) is 0 Å². The average molecular weight is 233 g/mol. The van der Waals surface area contributed by atoms with Crippen LogP contribution in [0, 0.1) is 0 Å². The largest absolute Gasteiger partial charge is 0.504 e. The second kappa shape index (κ2) is 3.27. The van der Waals surface area contributed by atoms with Gasteiger partial charge in [-0.2, -0.15) is 0 Å². The number of halogens is 1. The van der Waals surface area contributed by atoms with Crippen molar-refractivity contribution in [3.8, 4) is 0 Å². The van der Waals surface area contributed by atoms with E-state index < -0.39 is 0 Å². The second-order valence-corrected chi connectivity index (χ2v) is 4.71. The number of hydrogen-bond acceptors (Lipinski definition) is 3. The number of rotatable bonds is 1. The van der Waals surface area contributed by atoms with Crippen molar-refractivity contribution in [2.24, 2.45) is 0 Å². The van der Waals surface area contributed by atoms with E-state index in [0.717, 1.165) is 8.56 Å². The van der Waals surface area contributed by atoms with E-state index >= 15 is 0 Å². The first-order valence-electron chi connectivity index (χ1n) is 3.35. The van der Waals surface area contributed by atoms with E-state index in [4.69, 9.17) is 9.31 Å². The molecule has 1 fully saturated rings. The molecule has 0 bridgehead atoms. The monoisotopic (exact) mass is 232 g/mol. The van der Waals surface area contributed by atoms with Gasteiger partial charge in [0.15, 0.2) is 0 Å². The third-order valence-corrected chi connectivity index (χ3v) is 3.09. The van der Waals surface area contributed by atoms with Crippen LogP contribution in [0.3, 0.4) is 0 Å². The van der Waals surface area contributed by atoms with Crippen molar-refractivity contribution >= 4 is 39.2 Å². The Morgan fingerprint density at radius 2 is 2.09 bits per heavy atom. The van der Waals surface area contributed by atoms with Crippen molar-refractivity contribution < 1.29 is 9.31 Å². The second-order valence-electron chi connectivity index (χ2n) is 2.22. The molecule has 0 spiro atoms. The molecule has 58 valence electrons.